The molecule has 0 spiro atoms. The van der Waals surface area contributed by atoms with Gasteiger partial charge in [-0.3, -0.25) is 4.79 Å². The molecule has 0 bridgehead atoms. The zero-order chi connectivity index (χ0) is 18.1. The number of rotatable bonds is 3. The Morgan fingerprint density at radius 2 is 1.96 bits per heavy atom. The molecule has 2 heterocycles. The lowest BCUT2D eigenvalue weighted by molar-refractivity contribution is -0.899. The van der Waals surface area contributed by atoms with Crippen molar-refractivity contribution in [1.82, 2.24) is 4.90 Å². The molecule has 0 aliphatic carbocycles. The normalized spacial score (nSPS) is 15.6. The van der Waals surface area contributed by atoms with Crippen LogP contribution in [0.15, 0.2) is 39.6 Å². The summed E-state index contributed by atoms with van der Waals surface area (Å²) < 4.78 is 5.25. The fourth-order valence-electron chi connectivity index (χ4n) is 3.11. The SMILES string of the molecule is C=C(C)C[NH+]1CCN(C(=O)c2cc3cc(Cl)cc(Cl)c3oc2=O)CC1. The maximum Gasteiger partial charge on any atom is 0.349 e. The zero-order valence-electron chi connectivity index (χ0n) is 13.9. The molecule has 1 N–H and O–H groups in total. The average molecular weight is 382 g/mol. The number of nitrogens with zero attached hydrogens (tertiary/aromatic N) is 1. The Balaban J connectivity index is 1.84. The van der Waals surface area contributed by atoms with E-state index in [1.54, 1.807) is 11.0 Å². The highest BCUT2D eigenvalue weighted by Gasteiger charge is 2.27. The van der Waals surface area contributed by atoms with Gasteiger partial charge in [-0.2, -0.15) is 0 Å². The molecule has 0 unspecified atom stereocenters. The Hall–Kier alpha value is -1.82. The first-order valence-corrected chi connectivity index (χ1v) is 8.81. The molecule has 1 saturated heterocycles. The van der Waals surface area contributed by atoms with Crippen molar-refractivity contribution in [3.05, 3.63) is 56.4 Å². The molecule has 1 amide bonds. The van der Waals surface area contributed by atoms with Crippen molar-refractivity contribution in [2.75, 3.05) is 32.7 Å². The topological polar surface area (TPSA) is 55.0 Å². The predicted octanol–water partition coefficient (Wildman–Crippen LogP) is 2.02. The first-order valence-electron chi connectivity index (χ1n) is 8.05. The number of amides is 1. The average Bonchev–Trinajstić information content (AvgIpc) is 2.54. The third-order valence-corrected chi connectivity index (χ3v) is 4.79. The molecule has 0 radical (unpaired) electrons. The van der Waals surface area contributed by atoms with Crippen LogP contribution in [0.3, 0.4) is 0 Å². The highest BCUT2D eigenvalue weighted by Crippen LogP contribution is 2.27. The van der Waals surface area contributed by atoms with Gasteiger partial charge in [-0.05, 0) is 30.7 Å². The van der Waals surface area contributed by atoms with E-state index >= 15 is 0 Å². The van der Waals surface area contributed by atoms with Gasteiger partial charge < -0.3 is 14.2 Å². The summed E-state index contributed by atoms with van der Waals surface area (Å²) in [6.07, 6.45) is 0. The van der Waals surface area contributed by atoms with Gasteiger partial charge in [-0.25, -0.2) is 4.79 Å². The lowest BCUT2D eigenvalue weighted by Gasteiger charge is -2.32. The molecule has 2 aromatic rings. The van der Waals surface area contributed by atoms with E-state index in [1.165, 1.54) is 17.0 Å². The Bertz CT molecular complexity index is 899. The van der Waals surface area contributed by atoms with Crippen LogP contribution in [0.25, 0.3) is 11.0 Å². The molecule has 3 rings (SSSR count). The maximum absolute atomic E-state index is 12.7. The number of benzene rings is 1. The number of hydrogen-bond acceptors (Lipinski definition) is 3. The number of carbonyl (C=O) groups excluding carboxylic acids is 1. The number of fused-ring (bicyclic) bond motifs is 1. The molecule has 1 aliphatic heterocycles. The van der Waals surface area contributed by atoms with Crippen LogP contribution < -0.4 is 10.5 Å². The second-order valence-corrected chi connectivity index (χ2v) is 7.27. The molecule has 0 saturated carbocycles. The van der Waals surface area contributed by atoms with Gasteiger partial charge in [0.25, 0.3) is 5.91 Å². The van der Waals surface area contributed by atoms with Crippen LogP contribution in [-0.2, 0) is 0 Å². The Morgan fingerprint density at radius 3 is 2.60 bits per heavy atom. The zero-order valence-corrected chi connectivity index (χ0v) is 15.4. The molecule has 0 atom stereocenters. The standard InChI is InChI=1S/C18H18Cl2N2O3/c1-11(2)10-21-3-5-22(6-4-21)17(23)14-8-12-7-13(19)9-15(20)16(12)25-18(14)24/h7-9H,1,3-6,10H2,2H3/p+1. The summed E-state index contributed by atoms with van der Waals surface area (Å²) in [6.45, 7) is 9.67. The molecule has 1 fully saturated rings. The van der Waals surface area contributed by atoms with Crippen LogP contribution in [-0.4, -0.2) is 43.5 Å². The van der Waals surface area contributed by atoms with E-state index in [-0.39, 0.29) is 22.1 Å². The van der Waals surface area contributed by atoms with Crippen molar-refractivity contribution >= 4 is 40.1 Å². The van der Waals surface area contributed by atoms with Crippen molar-refractivity contribution in [3.63, 3.8) is 0 Å². The van der Waals surface area contributed by atoms with E-state index in [2.05, 4.69) is 6.58 Å². The molecular formula is C18H19Cl2N2O3+. The molecule has 7 heteroatoms. The minimum Gasteiger partial charge on any atom is -0.421 e. The van der Waals surface area contributed by atoms with E-state index in [1.807, 2.05) is 6.92 Å². The number of carbonyl (C=O) groups is 1. The van der Waals surface area contributed by atoms with Crippen molar-refractivity contribution < 1.29 is 14.1 Å². The van der Waals surface area contributed by atoms with Crippen LogP contribution >= 0.6 is 23.2 Å². The minimum atomic E-state index is -0.682. The van der Waals surface area contributed by atoms with Gasteiger partial charge in [0.15, 0.2) is 5.58 Å². The van der Waals surface area contributed by atoms with Gasteiger partial charge in [-0.1, -0.05) is 29.8 Å². The highest BCUT2D eigenvalue weighted by atomic mass is 35.5. The van der Waals surface area contributed by atoms with E-state index in [0.29, 0.717) is 23.5 Å². The molecule has 1 aromatic carbocycles. The van der Waals surface area contributed by atoms with Gasteiger partial charge in [0, 0.05) is 10.4 Å². The fraction of sp³-hybridized carbons (Fsp3) is 0.333. The predicted molar refractivity (Wildman–Crippen MR) is 98.8 cm³/mol. The summed E-state index contributed by atoms with van der Waals surface area (Å²) >= 11 is 12.0. The number of halogens is 2. The quantitative estimate of drug-likeness (QED) is 0.653. The van der Waals surface area contributed by atoms with Crippen molar-refractivity contribution in [2.24, 2.45) is 0 Å². The lowest BCUT2D eigenvalue weighted by atomic mass is 10.1. The van der Waals surface area contributed by atoms with E-state index in [4.69, 9.17) is 27.6 Å². The largest absolute Gasteiger partial charge is 0.421 e. The summed E-state index contributed by atoms with van der Waals surface area (Å²) in [4.78, 5) is 28.1. The van der Waals surface area contributed by atoms with Crippen molar-refractivity contribution in [1.29, 1.82) is 0 Å². The third-order valence-electron chi connectivity index (χ3n) is 4.29. The Morgan fingerprint density at radius 1 is 1.28 bits per heavy atom. The van der Waals surface area contributed by atoms with Crippen LogP contribution in [0, 0.1) is 0 Å². The smallest absolute Gasteiger partial charge is 0.349 e. The summed E-state index contributed by atoms with van der Waals surface area (Å²) in [5.41, 5.74) is 0.690. The van der Waals surface area contributed by atoms with Gasteiger partial charge in [0.1, 0.15) is 5.56 Å². The lowest BCUT2D eigenvalue weighted by Crippen LogP contribution is -3.15. The van der Waals surface area contributed by atoms with Crippen LogP contribution in [0.4, 0.5) is 0 Å². The second-order valence-electron chi connectivity index (χ2n) is 6.43. The van der Waals surface area contributed by atoms with E-state index in [9.17, 15) is 9.59 Å². The van der Waals surface area contributed by atoms with Gasteiger partial charge >= 0.3 is 5.63 Å². The van der Waals surface area contributed by atoms with Crippen molar-refractivity contribution in [2.45, 2.75) is 6.92 Å². The molecule has 5 nitrogen and oxygen atoms in total. The fourth-order valence-corrected chi connectivity index (χ4v) is 3.65. The first kappa shape index (κ1) is 18.0. The number of quaternary nitrogens is 1. The summed E-state index contributed by atoms with van der Waals surface area (Å²) in [7, 11) is 0. The summed E-state index contributed by atoms with van der Waals surface area (Å²) in [5, 5.41) is 1.20. The minimum absolute atomic E-state index is 0.00850. The molecule has 1 aromatic heterocycles. The van der Waals surface area contributed by atoms with Gasteiger partial charge in [0.2, 0.25) is 0 Å². The third kappa shape index (κ3) is 3.89. The first-order chi connectivity index (χ1) is 11.8. The second kappa shape index (κ2) is 7.20. The molecule has 1 aliphatic rings. The van der Waals surface area contributed by atoms with E-state index < -0.39 is 5.63 Å². The summed E-state index contributed by atoms with van der Waals surface area (Å²) in [6, 6.07) is 4.63. The van der Waals surface area contributed by atoms with Gasteiger partial charge in [0.05, 0.1) is 37.7 Å². The highest BCUT2D eigenvalue weighted by molar-refractivity contribution is 6.38. The van der Waals surface area contributed by atoms with Gasteiger partial charge in [-0.15, -0.1) is 0 Å². The number of hydrogen-bond donors (Lipinski definition) is 1. The monoisotopic (exact) mass is 381 g/mol. The molecule has 25 heavy (non-hydrogen) atoms. The molecular weight excluding hydrogens is 363 g/mol. The van der Waals surface area contributed by atoms with Crippen LogP contribution in [0.2, 0.25) is 10.0 Å². The van der Waals surface area contributed by atoms with Crippen LogP contribution in [0.5, 0.6) is 0 Å². The summed E-state index contributed by atoms with van der Waals surface area (Å²) in [5.74, 6) is -0.318. The maximum atomic E-state index is 12.7. The van der Waals surface area contributed by atoms with Crippen molar-refractivity contribution in [3.8, 4) is 0 Å². The van der Waals surface area contributed by atoms with E-state index in [0.717, 1.165) is 25.2 Å². The molecule has 132 valence electrons. The number of nitrogens with one attached hydrogen (secondary N) is 1. The Labute approximate surface area is 155 Å². The Kier molecular flexibility index (Phi) is 5.18. The number of piperazine rings is 1. The van der Waals surface area contributed by atoms with Crippen LogP contribution in [0.1, 0.15) is 17.3 Å².